The van der Waals surface area contributed by atoms with Gasteiger partial charge in [-0.3, -0.25) is 14.7 Å². The van der Waals surface area contributed by atoms with Gasteiger partial charge in [-0.1, -0.05) is 0 Å². The third-order valence-electron chi connectivity index (χ3n) is 6.16. The van der Waals surface area contributed by atoms with Gasteiger partial charge in [-0.25, -0.2) is 18.2 Å². The second-order valence-corrected chi connectivity index (χ2v) is 10.1. The van der Waals surface area contributed by atoms with Crippen LogP contribution in [0.25, 0.3) is 0 Å². The van der Waals surface area contributed by atoms with E-state index in [1.54, 1.807) is 11.8 Å². The van der Waals surface area contributed by atoms with Gasteiger partial charge in [-0.05, 0) is 50.0 Å². The van der Waals surface area contributed by atoms with Gasteiger partial charge in [-0.2, -0.15) is 17.5 Å². The normalized spacial score (nSPS) is 16.5. The molecule has 1 amide bonds. The van der Waals surface area contributed by atoms with Crippen LogP contribution in [0.15, 0.2) is 30.6 Å². The lowest BCUT2D eigenvalue weighted by Crippen LogP contribution is -2.40. The number of benzene rings is 1. The average molecular weight is 574 g/mol. The van der Waals surface area contributed by atoms with E-state index in [2.05, 4.69) is 19.7 Å². The van der Waals surface area contributed by atoms with Gasteiger partial charge < -0.3 is 10.1 Å². The third kappa shape index (κ3) is 7.66. The third-order valence-corrected chi connectivity index (χ3v) is 7.09. The smallest absolute Gasteiger partial charge is 0.434 e. The summed E-state index contributed by atoms with van der Waals surface area (Å²) in [6.07, 6.45) is -3.84. The highest BCUT2D eigenvalue weighted by molar-refractivity contribution is 7.06. The van der Waals surface area contributed by atoms with Crippen molar-refractivity contribution in [2.24, 2.45) is 5.92 Å². The Morgan fingerprint density at radius 3 is 2.74 bits per heavy atom. The molecule has 1 aliphatic rings. The van der Waals surface area contributed by atoms with E-state index in [-0.39, 0.29) is 48.2 Å². The largest absolute Gasteiger partial charge is 0.490 e. The second-order valence-electron chi connectivity index (χ2n) is 9.20. The van der Waals surface area contributed by atoms with Gasteiger partial charge in [0.15, 0.2) is 17.3 Å². The van der Waals surface area contributed by atoms with Crippen molar-refractivity contribution < 1.29 is 35.9 Å². The standard InChI is InChI=1S/C25H25F6N5O2S/c1-14-23(20(39-35-14)8-17-9-33-21(10-32-17)25(29,30)31)24(37)34-16-4-5-18(26)19(7-16)38-13-15-3-2-6-36(11-15)12-22(27)28/h4-5,7,9-10,15,22H,2-3,6,8,11-13H2,1H3,(H,34,37)/t15-/m1/s1. The molecule has 0 spiro atoms. The minimum absolute atomic E-state index is 0.0365. The molecule has 1 saturated heterocycles. The molecule has 39 heavy (non-hydrogen) atoms. The summed E-state index contributed by atoms with van der Waals surface area (Å²) in [5.74, 6) is -1.29. The zero-order chi connectivity index (χ0) is 28.2. The molecule has 3 aromatic rings. The van der Waals surface area contributed by atoms with E-state index in [0.29, 0.717) is 29.9 Å². The highest BCUT2D eigenvalue weighted by atomic mass is 32.1. The maximum Gasteiger partial charge on any atom is 0.434 e. The minimum atomic E-state index is -4.61. The Balaban J connectivity index is 1.41. The lowest BCUT2D eigenvalue weighted by molar-refractivity contribution is -0.141. The summed E-state index contributed by atoms with van der Waals surface area (Å²) in [7, 11) is 0. The van der Waals surface area contributed by atoms with Crippen molar-refractivity contribution in [2.75, 3.05) is 31.6 Å². The molecule has 0 saturated carbocycles. The monoisotopic (exact) mass is 573 g/mol. The number of anilines is 1. The number of hydrogen-bond acceptors (Lipinski definition) is 7. The number of nitrogens with zero attached hydrogens (tertiary/aromatic N) is 4. The molecule has 0 unspecified atom stereocenters. The van der Waals surface area contributed by atoms with Crippen LogP contribution in [0.4, 0.5) is 32.0 Å². The second kappa shape index (κ2) is 12.3. The van der Waals surface area contributed by atoms with Gasteiger partial charge in [0, 0.05) is 41.7 Å². The van der Waals surface area contributed by atoms with Crippen LogP contribution in [0.2, 0.25) is 0 Å². The van der Waals surface area contributed by atoms with E-state index in [4.69, 9.17) is 4.74 Å². The molecule has 0 bridgehead atoms. The number of hydrogen-bond donors (Lipinski definition) is 1. The molecule has 1 aliphatic heterocycles. The highest BCUT2D eigenvalue weighted by Gasteiger charge is 2.33. The number of carbonyl (C=O) groups is 1. The van der Waals surface area contributed by atoms with Gasteiger partial charge in [0.2, 0.25) is 0 Å². The summed E-state index contributed by atoms with van der Waals surface area (Å²) in [6.45, 7) is 2.46. The summed E-state index contributed by atoms with van der Waals surface area (Å²) in [6, 6.07) is 3.84. The number of likely N-dealkylation sites (tertiary alicyclic amines) is 1. The molecule has 3 heterocycles. The van der Waals surface area contributed by atoms with Crippen molar-refractivity contribution in [3.8, 4) is 5.75 Å². The lowest BCUT2D eigenvalue weighted by Gasteiger charge is -2.32. The number of aryl methyl sites for hydroxylation is 1. The lowest BCUT2D eigenvalue weighted by atomic mass is 9.99. The Bertz CT molecular complexity index is 1280. The van der Waals surface area contributed by atoms with Gasteiger partial charge >= 0.3 is 6.18 Å². The fourth-order valence-electron chi connectivity index (χ4n) is 4.33. The first-order chi connectivity index (χ1) is 18.5. The summed E-state index contributed by atoms with van der Waals surface area (Å²) in [5, 5.41) is 2.68. The fraction of sp³-hybridized carbons (Fsp3) is 0.440. The molecule has 4 rings (SSSR count). The maximum atomic E-state index is 14.4. The molecule has 0 aliphatic carbocycles. The van der Waals surface area contributed by atoms with Crippen molar-refractivity contribution in [1.82, 2.24) is 19.2 Å². The van der Waals surface area contributed by atoms with Gasteiger partial charge in [0.05, 0.1) is 36.3 Å². The number of alkyl halides is 5. The van der Waals surface area contributed by atoms with E-state index in [9.17, 15) is 31.1 Å². The van der Waals surface area contributed by atoms with Gasteiger partial charge in [0.25, 0.3) is 12.3 Å². The fourth-order valence-corrected chi connectivity index (χ4v) is 5.21. The zero-order valence-electron chi connectivity index (χ0n) is 20.8. The summed E-state index contributed by atoms with van der Waals surface area (Å²) in [5.41, 5.74) is 0.0117. The Morgan fingerprint density at radius 1 is 1.26 bits per heavy atom. The van der Waals surface area contributed by atoms with Crippen molar-refractivity contribution in [1.29, 1.82) is 0 Å². The number of aromatic nitrogens is 3. The van der Waals surface area contributed by atoms with E-state index in [1.807, 2.05) is 0 Å². The molecule has 7 nitrogen and oxygen atoms in total. The zero-order valence-corrected chi connectivity index (χ0v) is 21.6. The molecule has 210 valence electrons. The van der Waals surface area contributed by atoms with E-state index in [0.717, 1.165) is 36.6 Å². The first-order valence-electron chi connectivity index (χ1n) is 12.1. The molecule has 1 atom stereocenters. The molecule has 0 radical (unpaired) electrons. The number of nitrogens with one attached hydrogen (secondary N) is 1. The summed E-state index contributed by atoms with van der Waals surface area (Å²) < 4.78 is 88.0. The van der Waals surface area contributed by atoms with Crippen molar-refractivity contribution in [2.45, 2.75) is 38.8 Å². The van der Waals surface area contributed by atoms with E-state index >= 15 is 0 Å². The van der Waals surface area contributed by atoms with E-state index in [1.165, 1.54) is 12.1 Å². The highest BCUT2D eigenvalue weighted by Crippen LogP contribution is 2.29. The number of amides is 1. The maximum absolute atomic E-state index is 14.4. The molecular formula is C25H25F6N5O2S. The van der Waals surface area contributed by atoms with Crippen molar-refractivity contribution in [3.05, 3.63) is 63.9 Å². The number of ether oxygens (including phenoxy) is 1. The van der Waals surface area contributed by atoms with Crippen molar-refractivity contribution >= 4 is 23.1 Å². The summed E-state index contributed by atoms with van der Waals surface area (Å²) >= 11 is 1.02. The topological polar surface area (TPSA) is 80.2 Å². The predicted molar refractivity (Wildman–Crippen MR) is 132 cm³/mol. The van der Waals surface area contributed by atoms with Crippen LogP contribution in [0, 0.1) is 18.7 Å². The van der Waals surface area contributed by atoms with Crippen LogP contribution in [-0.4, -0.2) is 57.8 Å². The molecule has 2 aromatic heterocycles. The number of carbonyl (C=O) groups excluding carboxylic acids is 1. The quantitative estimate of drug-likeness (QED) is 0.336. The van der Waals surface area contributed by atoms with Crippen LogP contribution < -0.4 is 10.1 Å². The molecule has 1 N–H and O–H groups in total. The summed E-state index contributed by atoms with van der Waals surface area (Å²) in [4.78, 5) is 22.4. The first-order valence-corrected chi connectivity index (χ1v) is 12.8. The van der Waals surface area contributed by atoms with Gasteiger partial charge in [0.1, 0.15) is 0 Å². The van der Waals surface area contributed by atoms with Gasteiger partial charge in [-0.15, -0.1) is 0 Å². The first kappa shape index (κ1) is 28.7. The predicted octanol–water partition coefficient (Wildman–Crippen LogP) is 5.60. The molecule has 1 aromatic carbocycles. The number of halogens is 6. The van der Waals surface area contributed by atoms with Crippen LogP contribution in [-0.2, 0) is 12.6 Å². The van der Waals surface area contributed by atoms with Crippen molar-refractivity contribution in [3.63, 3.8) is 0 Å². The molecule has 1 fully saturated rings. The Kier molecular flexibility index (Phi) is 9.05. The van der Waals surface area contributed by atoms with Crippen LogP contribution in [0.3, 0.4) is 0 Å². The number of piperidine rings is 1. The Labute approximate surface area is 224 Å². The minimum Gasteiger partial charge on any atom is -0.490 e. The Hall–Kier alpha value is -3.26. The molecule has 14 heteroatoms. The van der Waals surface area contributed by atoms with E-state index < -0.39 is 30.0 Å². The Morgan fingerprint density at radius 2 is 2.05 bits per heavy atom. The SMILES string of the molecule is Cc1nsc(Cc2cnc(C(F)(F)F)cn2)c1C(=O)Nc1ccc(F)c(OC[C@@H]2CCCN(CC(F)F)C2)c1. The average Bonchev–Trinajstić information content (AvgIpc) is 3.23. The van der Waals surface area contributed by atoms with Crippen LogP contribution in [0.5, 0.6) is 5.75 Å². The van der Waals surface area contributed by atoms with Crippen LogP contribution in [0.1, 0.15) is 45.2 Å². The number of rotatable bonds is 9. The molecular weight excluding hydrogens is 548 g/mol. The van der Waals surface area contributed by atoms with Crippen LogP contribution >= 0.6 is 11.5 Å².